The van der Waals surface area contributed by atoms with E-state index < -0.39 is 0 Å². The van der Waals surface area contributed by atoms with E-state index in [2.05, 4.69) is 25.1 Å². The summed E-state index contributed by atoms with van der Waals surface area (Å²) in [5.74, 6) is -0.0479. The van der Waals surface area contributed by atoms with Crippen LogP contribution in [0.3, 0.4) is 0 Å². The molecule has 0 saturated heterocycles. The zero-order valence-electron chi connectivity index (χ0n) is 9.36. The van der Waals surface area contributed by atoms with Crippen molar-refractivity contribution >= 4 is 17.3 Å². The highest BCUT2D eigenvalue weighted by atomic mass is 16.5. The van der Waals surface area contributed by atoms with Gasteiger partial charge in [0.25, 0.3) is 0 Å². The third-order valence-electron chi connectivity index (χ3n) is 2.07. The molecule has 92 valence electrons. The Morgan fingerprint density at radius 2 is 1.89 bits per heavy atom. The van der Waals surface area contributed by atoms with Gasteiger partial charge in [-0.1, -0.05) is 0 Å². The lowest BCUT2D eigenvalue weighted by molar-refractivity contribution is 0.380. The van der Waals surface area contributed by atoms with Crippen LogP contribution in [0.5, 0.6) is 6.01 Å². The molecule has 0 aliphatic carbocycles. The average molecular weight is 247 g/mol. The van der Waals surface area contributed by atoms with Gasteiger partial charge in [-0.3, -0.25) is 0 Å². The van der Waals surface area contributed by atoms with E-state index >= 15 is 0 Å². The lowest BCUT2D eigenvalue weighted by Crippen LogP contribution is -2.03. The normalized spacial score (nSPS) is 10.1. The Hall–Kier alpha value is -2.84. The van der Waals surface area contributed by atoms with E-state index in [0.29, 0.717) is 5.69 Å². The molecule has 2 aromatic heterocycles. The topological polar surface area (TPSA) is 142 Å². The maximum Gasteiger partial charge on any atom is 0.316 e. The molecule has 9 heteroatoms. The first-order valence-corrected chi connectivity index (χ1v) is 4.79. The summed E-state index contributed by atoms with van der Waals surface area (Å²) in [6, 6.07) is 1.72. The second-order valence-corrected chi connectivity index (χ2v) is 3.19. The number of methoxy groups -OCH3 is 1. The van der Waals surface area contributed by atoms with Gasteiger partial charge < -0.3 is 16.2 Å². The van der Waals surface area contributed by atoms with Crippen molar-refractivity contribution < 1.29 is 4.74 Å². The highest BCUT2D eigenvalue weighted by Crippen LogP contribution is 2.28. The summed E-state index contributed by atoms with van der Waals surface area (Å²) in [7, 11) is 1.43. The van der Waals surface area contributed by atoms with Gasteiger partial charge in [0.05, 0.1) is 7.11 Å². The minimum Gasteiger partial charge on any atom is -0.467 e. The number of hydrogen-bond donors (Lipinski definition) is 2. The number of hydrogen-bond acceptors (Lipinski definition) is 9. The van der Waals surface area contributed by atoms with Crippen LogP contribution >= 0.6 is 0 Å². The van der Waals surface area contributed by atoms with Crippen LogP contribution in [-0.4, -0.2) is 27.0 Å². The molecule has 0 unspecified atom stereocenters. The second kappa shape index (κ2) is 4.57. The lowest BCUT2D eigenvalue weighted by Gasteiger charge is -2.05. The Labute approximate surface area is 101 Å². The Kier molecular flexibility index (Phi) is 2.96. The molecule has 2 aromatic rings. The highest BCUT2D eigenvalue weighted by molar-refractivity contribution is 5.73. The molecular formula is C9H9N7O2. The van der Waals surface area contributed by atoms with Crippen LogP contribution in [0.25, 0.3) is 11.5 Å². The van der Waals surface area contributed by atoms with Crippen LogP contribution in [0.15, 0.2) is 17.4 Å². The molecule has 2 rings (SSSR count). The zero-order chi connectivity index (χ0) is 13.1. The molecule has 0 aliphatic rings. The highest BCUT2D eigenvalue weighted by Gasteiger charge is 2.13. The first-order chi connectivity index (χ1) is 8.65. The summed E-state index contributed by atoms with van der Waals surface area (Å²) in [4.78, 5) is 26.1. The van der Waals surface area contributed by atoms with E-state index in [1.807, 2.05) is 0 Å². The van der Waals surface area contributed by atoms with E-state index in [1.54, 1.807) is 6.07 Å². The molecule has 18 heavy (non-hydrogen) atoms. The third-order valence-corrected chi connectivity index (χ3v) is 2.07. The lowest BCUT2D eigenvalue weighted by atomic mass is 10.3. The number of nitrogens with two attached hydrogens (primary N) is 2. The molecule has 4 N–H and O–H groups in total. The molecule has 0 atom stereocenters. The zero-order valence-corrected chi connectivity index (χ0v) is 9.36. The van der Waals surface area contributed by atoms with Crippen LogP contribution in [0.4, 0.5) is 17.3 Å². The number of nitrogen functional groups attached to an aromatic ring is 2. The van der Waals surface area contributed by atoms with Crippen molar-refractivity contribution in [3.05, 3.63) is 17.2 Å². The largest absolute Gasteiger partial charge is 0.467 e. The fourth-order valence-electron chi connectivity index (χ4n) is 1.26. The molecule has 0 fully saturated rings. The van der Waals surface area contributed by atoms with Crippen LogP contribution in [0.1, 0.15) is 0 Å². The van der Waals surface area contributed by atoms with E-state index in [9.17, 15) is 4.91 Å². The fraction of sp³-hybridized carbons (Fsp3) is 0.111. The smallest absolute Gasteiger partial charge is 0.316 e. The minimum atomic E-state index is -0.181. The first kappa shape index (κ1) is 11.6. The molecule has 0 aromatic carbocycles. The van der Waals surface area contributed by atoms with E-state index in [1.165, 1.54) is 13.3 Å². The van der Waals surface area contributed by atoms with Gasteiger partial charge in [-0.05, 0) is 11.2 Å². The first-order valence-electron chi connectivity index (χ1n) is 4.79. The summed E-state index contributed by atoms with van der Waals surface area (Å²) in [5, 5.41) is 2.66. The summed E-state index contributed by atoms with van der Waals surface area (Å²) in [6.07, 6.45) is 1.47. The third kappa shape index (κ3) is 2.00. The molecule has 0 saturated carbocycles. The molecule has 0 amide bonds. The predicted molar refractivity (Wildman–Crippen MR) is 63.9 cm³/mol. The monoisotopic (exact) mass is 247 g/mol. The number of anilines is 2. The van der Waals surface area contributed by atoms with Crippen molar-refractivity contribution in [2.75, 3.05) is 18.6 Å². The van der Waals surface area contributed by atoms with Crippen molar-refractivity contribution in [3.63, 3.8) is 0 Å². The van der Waals surface area contributed by atoms with Crippen LogP contribution in [0, 0.1) is 4.91 Å². The molecule has 0 bridgehead atoms. The standard InChI is InChI=1S/C9H9N7O2/c1-18-9-12-3-2-4(13-9)8-14-6(10)5(16-17)7(11)15-8/h2-3H,1H3,(H4,10,11,14,15). The summed E-state index contributed by atoms with van der Waals surface area (Å²) in [6.45, 7) is 0. The van der Waals surface area contributed by atoms with Crippen LogP contribution in [0.2, 0.25) is 0 Å². The maximum absolute atomic E-state index is 10.5. The summed E-state index contributed by atoms with van der Waals surface area (Å²) in [5.41, 5.74) is 11.3. The van der Waals surface area contributed by atoms with Gasteiger partial charge in [0.2, 0.25) is 0 Å². The number of nitroso groups, excluding NO2 is 1. The van der Waals surface area contributed by atoms with E-state index in [4.69, 9.17) is 16.2 Å². The summed E-state index contributed by atoms with van der Waals surface area (Å²) >= 11 is 0. The Bertz CT molecular complexity index is 578. The van der Waals surface area contributed by atoms with Crippen molar-refractivity contribution in [2.24, 2.45) is 5.18 Å². The van der Waals surface area contributed by atoms with Gasteiger partial charge in [-0.15, -0.1) is 4.91 Å². The van der Waals surface area contributed by atoms with Gasteiger partial charge in [0, 0.05) is 6.20 Å². The van der Waals surface area contributed by atoms with Gasteiger partial charge in [0.15, 0.2) is 23.1 Å². The van der Waals surface area contributed by atoms with Crippen molar-refractivity contribution in [1.82, 2.24) is 19.9 Å². The predicted octanol–water partition coefficient (Wildman–Crippen LogP) is 0.504. The fourth-order valence-corrected chi connectivity index (χ4v) is 1.26. The van der Waals surface area contributed by atoms with Crippen LogP contribution in [-0.2, 0) is 0 Å². The SMILES string of the molecule is COc1nccc(-c2nc(N)c(N=O)c(N)n2)n1. The van der Waals surface area contributed by atoms with E-state index in [0.717, 1.165) is 0 Å². The molecule has 2 heterocycles. The van der Waals surface area contributed by atoms with Crippen LogP contribution < -0.4 is 16.2 Å². The van der Waals surface area contributed by atoms with Gasteiger partial charge >= 0.3 is 6.01 Å². The molecule has 9 nitrogen and oxygen atoms in total. The van der Waals surface area contributed by atoms with Gasteiger partial charge in [-0.2, -0.15) is 4.98 Å². The van der Waals surface area contributed by atoms with Crippen molar-refractivity contribution in [3.8, 4) is 17.5 Å². The number of rotatable bonds is 3. The van der Waals surface area contributed by atoms with Crippen molar-refractivity contribution in [2.45, 2.75) is 0 Å². The average Bonchev–Trinajstić information content (AvgIpc) is 2.38. The molecule has 0 spiro atoms. The van der Waals surface area contributed by atoms with Gasteiger partial charge in [-0.25, -0.2) is 15.0 Å². The maximum atomic E-state index is 10.5. The Balaban J connectivity index is 2.54. The summed E-state index contributed by atoms with van der Waals surface area (Å²) < 4.78 is 4.87. The number of aromatic nitrogens is 4. The Morgan fingerprint density at radius 1 is 1.22 bits per heavy atom. The molecule has 0 radical (unpaired) electrons. The number of ether oxygens (including phenoxy) is 1. The quantitative estimate of drug-likeness (QED) is 0.746. The van der Waals surface area contributed by atoms with E-state index in [-0.39, 0.29) is 29.2 Å². The molecule has 0 aliphatic heterocycles. The number of nitrogens with zero attached hydrogens (tertiary/aromatic N) is 5. The minimum absolute atomic E-state index is 0.106. The van der Waals surface area contributed by atoms with Crippen molar-refractivity contribution in [1.29, 1.82) is 0 Å². The Morgan fingerprint density at radius 3 is 2.44 bits per heavy atom. The molecular weight excluding hydrogens is 238 g/mol. The second-order valence-electron chi connectivity index (χ2n) is 3.19. The van der Waals surface area contributed by atoms with Gasteiger partial charge in [0.1, 0.15) is 5.69 Å².